The molecule has 2 fully saturated rings. The summed E-state index contributed by atoms with van der Waals surface area (Å²) in [4.78, 5) is 98.4. The minimum absolute atomic E-state index is 0. The number of benzene rings is 4. The smallest absolute Gasteiger partial charge is 0.337 e. The summed E-state index contributed by atoms with van der Waals surface area (Å²) in [5.74, 6) is -6.23. The number of hydrogen-bond acceptors (Lipinski definition) is 16. The molecular weight excluding hydrogens is 1090 g/mol. The van der Waals surface area contributed by atoms with E-state index in [4.69, 9.17) is 20.3 Å². The summed E-state index contributed by atoms with van der Waals surface area (Å²) in [6.07, 6.45) is 1.14. The van der Waals surface area contributed by atoms with Gasteiger partial charge in [0.1, 0.15) is 17.8 Å². The lowest BCUT2D eigenvalue weighted by Crippen LogP contribution is -2.54. The monoisotopic (exact) mass is 1160 g/mol. The number of aliphatic hydroxyl groups is 1. The number of allylic oxidation sites excluding steroid dienone is 2. The first kappa shape index (κ1) is 65.0. The number of nitro benzene ring substituents is 1. The Morgan fingerprint density at radius 3 is 1.40 bits per heavy atom. The molecule has 83 heavy (non-hydrogen) atoms. The maximum atomic E-state index is 14.1. The molecule has 0 aromatic heterocycles. The first-order chi connectivity index (χ1) is 39.3. The number of ether oxygens (including phenoxy) is 2. The highest BCUT2D eigenvalue weighted by Gasteiger charge is 2.44. The molecule has 0 radical (unpaired) electrons. The number of esters is 2. The first-order valence-corrected chi connectivity index (χ1v) is 26.0. The van der Waals surface area contributed by atoms with E-state index in [-0.39, 0.29) is 59.9 Å². The van der Waals surface area contributed by atoms with Crippen LogP contribution in [0.25, 0.3) is 0 Å². The largest absolute Gasteiger partial charge is 0.466 e. The van der Waals surface area contributed by atoms with E-state index in [9.17, 15) is 56.4 Å². The lowest BCUT2D eigenvalue weighted by Gasteiger charge is -2.37. The number of nitrogens with two attached hydrogens (primary N) is 1. The van der Waals surface area contributed by atoms with Crippen molar-refractivity contribution in [2.24, 2.45) is 0 Å². The van der Waals surface area contributed by atoms with E-state index in [0.717, 1.165) is 99.5 Å². The predicted octanol–water partition coefficient (Wildman–Crippen LogP) is 6.54. The van der Waals surface area contributed by atoms with Crippen molar-refractivity contribution in [3.8, 4) is 0 Å². The summed E-state index contributed by atoms with van der Waals surface area (Å²) >= 11 is 0. The molecule has 8 amide bonds. The van der Waals surface area contributed by atoms with Gasteiger partial charge in [0.15, 0.2) is 23.3 Å². The van der Waals surface area contributed by atoms with Crippen molar-refractivity contribution in [1.29, 1.82) is 0 Å². The molecule has 4 aromatic rings. The predicted molar refractivity (Wildman–Crippen MR) is 301 cm³/mol. The third kappa shape index (κ3) is 15.8. The minimum Gasteiger partial charge on any atom is -0.466 e. The highest BCUT2D eigenvalue weighted by molar-refractivity contribution is 6.02. The van der Waals surface area contributed by atoms with Crippen LogP contribution in [0.3, 0.4) is 0 Å². The quantitative estimate of drug-likeness (QED) is 0.0184. The lowest BCUT2D eigenvalue weighted by atomic mass is 9.94. The van der Waals surface area contributed by atoms with Gasteiger partial charge in [-0.3, -0.25) is 19.9 Å². The number of amides is 8. The molecule has 0 saturated carbocycles. The lowest BCUT2D eigenvalue weighted by molar-refractivity contribution is -0.384. The molecule has 7 N–H and O–H groups in total. The van der Waals surface area contributed by atoms with Gasteiger partial charge in [-0.05, 0) is 93.4 Å². The fourth-order valence-electron chi connectivity index (χ4n) is 9.90. The summed E-state index contributed by atoms with van der Waals surface area (Å²) in [6, 6.07) is 14.3. The van der Waals surface area contributed by atoms with Crippen LogP contribution in [0.5, 0.6) is 0 Å². The van der Waals surface area contributed by atoms with E-state index in [1.807, 2.05) is 29.2 Å². The molecule has 4 aliphatic rings. The van der Waals surface area contributed by atoms with Crippen LogP contribution >= 0.6 is 0 Å². The molecule has 0 aliphatic carbocycles. The van der Waals surface area contributed by atoms with Gasteiger partial charge in [-0.25, -0.2) is 56.1 Å². The van der Waals surface area contributed by atoms with E-state index in [0.29, 0.717) is 51.3 Å². The average molecular weight is 1160 g/mol. The van der Waals surface area contributed by atoms with E-state index in [1.54, 1.807) is 18.2 Å². The number of carbonyl (C=O) groups excluding carboxylic acids is 6. The number of methoxy groups -OCH3 is 2. The maximum Gasteiger partial charge on any atom is 0.337 e. The number of piperazine rings is 2. The van der Waals surface area contributed by atoms with Crippen molar-refractivity contribution in [3.05, 3.63) is 152 Å². The number of aliphatic hydroxyl groups excluding tert-OH is 1. The van der Waals surface area contributed by atoms with Gasteiger partial charge in [-0.15, -0.1) is 0 Å². The van der Waals surface area contributed by atoms with Gasteiger partial charge in [0, 0.05) is 90.0 Å². The van der Waals surface area contributed by atoms with Crippen LogP contribution in [0.2, 0.25) is 0 Å². The molecule has 2 saturated heterocycles. The van der Waals surface area contributed by atoms with Crippen LogP contribution in [-0.2, 0) is 19.1 Å². The third-order valence-corrected chi connectivity index (χ3v) is 14.0. The van der Waals surface area contributed by atoms with Crippen LogP contribution in [-0.4, -0.2) is 166 Å². The number of nitro groups is 1. The standard InChI is InChI=1S/C27H30F2N6O6.C27H32F2N6O4.CH4O.CH4/c1-17-23(25(36)41-2)24(18-8-9-19(28)20(29)16-18)34(27(38)31-17)26(37)30-10-5-11-32-12-14-33(15-13-32)21-6-3-4-7-22(21)35(39)40;1-17-23(25(36)39-2)24(18-8-9-19(28)20(29)16-18)35(27(38)32-17)26(37)31-10-5-11-33-12-14-34(15-13-33)22-7-4-3-6-21(22)30;1-2;/h3-4,6-9,16,24H,5,10-15H2,1-2H3,(H,30,37)(H,31,38);3-4,6-9,16,24H,5,10-15,30H2,1-2H3,(H,31,37)(H,32,38);2H,1H3;1H4. The number of halogens is 4. The number of anilines is 3. The Bertz CT molecular complexity index is 3060. The van der Waals surface area contributed by atoms with E-state index < -0.39 is 76.3 Å². The zero-order valence-electron chi connectivity index (χ0n) is 45.9. The summed E-state index contributed by atoms with van der Waals surface area (Å²) in [7, 11) is 3.28. The van der Waals surface area contributed by atoms with Crippen molar-refractivity contribution >= 4 is 58.8 Å². The van der Waals surface area contributed by atoms with Crippen LogP contribution in [0, 0.1) is 33.4 Å². The van der Waals surface area contributed by atoms with Gasteiger partial charge in [-0.2, -0.15) is 0 Å². The maximum absolute atomic E-state index is 14.1. The number of urea groups is 4. The summed E-state index contributed by atoms with van der Waals surface area (Å²) in [6.45, 7) is 10.6. The molecular formula is C56H70F4N12O11. The zero-order valence-corrected chi connectivity index (χ0v) is 45.9. The summed E-state index contributed by atoms with van der Waals surface area (Å²) in [5.41, 5.74) is 8.70. The number of nitrogens with zero attached hydrogens (tertiary/aromatic N) is 7. The number of para-hydroxylation sites is 4. The Balaban J connectivity index is 0.000000292. The average Bonchev–Trinajstić information content (AvgIpc) is 3.65. The molecule has 0 bridgehead atoms. The molecule has 4 aliphatic heterocycles. The van der Waals surface area contributed by atoms with Crippen LogP contribution < -0.4 is 36.8 Å². The van der Waals surface area contributed by atoms with Gasteiger partial charge in [-0.1, -0.05) is 43.8 Å². The fraction of sp³-hybridized carbons (Fsp3) is 0.393. The van der Waals surface area contributed by atoms with Crippen molar-refractivity contribution in [3.63, 3.8) is 0 Å². The number of imide groups is 2. The fourth-order valence-corrected chi connectivity index (χ4v) is 9.90. The zero-order chi connectivity index (χ0) is 59.8. The van der Waals surface area contributed by atoms with Crippen molar-refractivity contribution in [1.82, 2.24) is 40.9 Å². The highest BCUT2D eigenvalue weighted by atomic mass is 19.2. The number of carbonyl (C=O) groups is 6. The Morgan fingerprint density at radius 2 is 1.01 bits per heavy atom. The first-order valence-electron chi connectivity index (χ1n) is 26.0. The molecule has 4 heterocycles. The van der Waals surface area contributed by atoms with E-state index in [1.165, 1.54) is 32.0 Å². The van der Waals surface area contributed by atoms with Crippen LogP contribution in [0.1, 0.15) is 57.3 Å². The summed E-state index contributed by atoms with van der Waals surface area (Å²) < 4.78 is 65.1. The van der Waals surface area contributed by atoms with Gasteiger partial charge in [0.25, 0.3) is 5.69 Å². The topological polar surface area (TPSA) is 278 Å². The molecule has 4 aromatic carbocycles. The second-order valence-corrected chi connectivity index (χ2v) is 18.9. The minimum atomic E-state index is -1.35. The number of rotatable bonds is 15. The van der Waals surface area contributed by atoms with Crippen LogP contribution in [0.15, 0.2) is 107 Å². The SMILES string of the molecule is C.CO.COC(=O)C1=C(C)NC(=O)N(C(=O)NCCCN2CCN(c3ccccc3N)CC2)C1c1ccc(F)c(F)c1.COC(=O)C1=C(C)NC(=O)N(C(=O)NCCCN2CCN(c3ccccc3[N+](=O)[O-])CC2)C1c1ccc(F)c(F)c1. The van der Waals surface area contributed by atoms with Gasteiger partial charge >= 0.3 is 36.1 Å². The number of nitrogen functional groups attached to an aromatic ring is 1. The molecule has 27 heteroatoms. The third-order valence-electron chi connectivity index (χ3n) is 14.0. The second kappa shape index (κ2) is 30.3. The Hall–Kier alpha value is -8.82. The van der Waals surface area contributed by atoms with Gasteiger partial charge in [0.2, 0.25) is 0 Å². The second-order valence-electron chi connectivity index (χ2n) is 18.9. The number of hydrogen-bond donors (Lipinski definition) is 6. The van der Waals surface area contributed by atoms with Crippen LogP contribution in [0.4, 0.5) is 59.5 Å². The van der Waals surface area contributed by atoms with Crippen molar-refractivity contribution in [2.45, 2.75) is 46.2 Å². The van der Waals surface area contributed by atoms with Crippen molar-refractivity contribution < 1.29 is 65.8 Å². The van der Waals surface area contributed by atoms with E-state index in [2.05, 4.69) is 36.0 Å². The van der Waals surface area contributed by atoms with Crippen molar-refractivity contribution in [2.75, 3.05) is 115 Å². The molecule has 0 spiro atoms. The van der Waals surface area contributed by atoms with Gasteiger partial charge in [0.05, 0.1) is 41.7 Å². The Kier molecular flexibility index (Phi) is 23.7. The summed E-state index contributed by atoms with van der Waals surface area (Å²) in [5, 5.41) is 28.7. The highest BCUT2D eigenvalue weighted by Crippen LogP contribution is 2.37. The molecule has 2 atom stereocenters. The Morgan fingerprint density at radius 1 is 0.627 bits per heavy atom. The van der Waals surface area contributed by atoms with Gasteiger partial charge < -0.3 is 51.4 Å². The Labute approximate surface area is 477 Å². The molecule has 448 valence electrons. The van der Waals surface area contributed by atoms with E-state index >= 15 is 0 Å². The molecule has 8 rings (SSSR count). The molecule has 23 nitrogen and oxygen atoms in total. The normalized spacial score (nSPS) is 17.4. The molecule has 2 unspecified atom stereocenters. The number of nitrogens with one attached hydrogen (secondary N) is 4.